The van der Waals surface area contributed by atoms with Crippen molar-refractivity contribution in [2.24, 2.45) is 0 Å². The quantitative estimate of drug-likeness (QED) is 0.471. The van der Waals surface area contributed by atoms with Gasteiger partial charge in [-0.15, -0.1) is 11.3 Å². The molecule has 7 heteroatoms. The third kappa shape index (κ3) is 2.46. The first-order chi connectivity index (χ1) is 11.6. The van der Waals surface area contributed by atoms with Gasteiger partial charge in [-0.25, -0.2) is 13.9 Å². The van der Waals surface area contributed by atoms with Gasteiger partial charge in [0, 0.05) is 11.8 Å². The van der Waals surface area contributed by atoms with Crippen LogP contribution in [0, 0.1) is 5.82 Å². The summed E-state index contributed by atoms with van der Waals surface area (Å²) < 4.78 is 15.4. The van der Waals surface area contributed by atoms with E-state index in [1.165, 1.54) is 23.6 Å². The predicted octanol–water partition coefficient (Wildman–Crippen LogP) is 4.59. The summed E-state index contributed by atoms with van der Waals surface area (Å²) in [5.41, 5.74) is 2.42. The van der Waals surface area contributed by atoms with Crippen LogP contribution in [0.5, 0.6) is 0 Å². The van der Waals surface area contributed by atoms with Gasteiger partial charge in [0.15, 0.2) is 5.65 Å². The standard InChI is InChI=1S/C17H9BrFN3OS/c18-12-8-10(3-4-13(12)19)14-5-6-20-17-11(9-21-22(14)17)16(23)15-2-1-7-24-15/h1-9H. The summed E-state index contributed by atoms with van der Waals surface area (Å²) in [6.07, 6.45) is 3.14. The van der Waals surface area contributed by atoms with Gasteiger partial charge in [-0.2, -0.15) is 5.10 Å². The number of rotatable bonds is 3. The molecule has 4 aromatic rings. The number of thiophene rings is 1. The molecule has 0 bridgehead atoms. The third-order valence-electron chi connectivity index (χ3n) is 3.61. The van der Waals surface area contributed by atoms with E-state index in [0.717, 1.165) is 11.3 Å². The molecule has 1 aromatic carbocycles. The Morgan fingerprint density at radius 2 is 2.12 bits per heavy atom. The van der Waals surface area contributed by atoms with Gasteiger partial charge in [0.1, 0.15) is 5.82 Å². The van der Waals surface area contributed by atoms with Gasteiger partial charge in [-0.05, 0) is 51.6 Å². The van der Waals surface area contributed by atoms with Crippen molar-refractivity contribution in [2.75, 3.05) is 0 Å². The molecule has 0 unspecified atom stereocenters. The Hall–Kier alpha value is -2.38. The van der Waals surface area contributed by atoms with Gasteiger partial charge < -0.3 is 0 Å². The van der Waals surface area contributed by atoms with E-state index in [1.54, 1.807) is 35.0 Å². The average Bonchev–Trinajstić information content (AvgIpc) is 3.26. The van der Waals surface area contributed by atoms with E-state index in [9.17, 15) is 9.18 Å². The Morgan fingerprint density at radius 1 is 1.25 bits per heavy atom. The van der Waals surface area contributed by atoms with Crippen LogP contribution in [0.25, 0.3) is 16.9 Å². The lowest BCUT2D eigenvalue weighted by Gasteiger charge is -2.06. The highest BCUT2D eigenvalue weighted by atomic mass is 79.9. The molecule has 0 atom stereocenters. The summed E-state index contributed by atoms with van der Waals surface area (Å²) in [5.74, 6) is -0.442. The molecule has 0 N–H and O–H groups in total. The summed E-state index contributed by atoms with van der Waals surface area (Å²) in [6.45, 7) is 0. The molecule has 0 radical (unpaired) electrons. The predicted molar refractivity (Wildman–Crippen MR) is 93.8 cm³/mol. The number of fused-ring (bicyclic) bond motifs is 1. The Labute approximate surface area is 148 Å². The van der Waals surface area contributed by atoms with E-state index in [4.69, 9.17) is 0 Å². The second kappa shape index (κ2) is 5.92. The normalized spacial score (nSPS) is 11.1. The number of carbonyl (C=O) groups is 1. The molecule has 4 nitrogen and oxygen atoms in total. The zero-order valence-electron chi connectivity index (χ0n) is 12.1. The van der Waals surface area contributed by atoms with Crippen LogP contribution >= 0.6 is 27.3 Å². The molecule has 0 aliphatic heterocycles. The summed E-state index contributed by atoms with van der Waals surface area (Å²) in [6, 6.07) is 10.1. The molecule has 118 valence electrons. The average molecular weight is 402 g/mol. The number of halogens is 2. The Morgan fingerprint density at radius 3 is 2.88 bits per heavy atom. The molecule has 3 aromatic heterocycles. The fourth-order valence-electron chi connectivity index (χ4n) is 2.47. The largest absolute Gasteiger partial charge is 0.287 e. The maximum absolute atomic E-state index is 13.5. The molecular formula is C17H9BrFN3OS. The second-order valence-electron chi connectivity index (χ2n) is 5.06. The SMILES string of the molecule is O=C(c1cccs1)c1cnn2c(-c3ccc(F)c(Br)c3)ccnc12. The van der Waals surface area contributed by atoms with Crippen molar-refractivity contribution in [3.8, 4) is 11.3 Å². The van der Waals surface area contributed by atoms with Crippen LogP contribution in [-0.2, 0) is 0 Å². The molecule has 0 amide bonds. The molecule has 0 saturated carbocycles. The molecular weight excluding hydrogens is 393 g/mol. The molecule has 4 rings (SSSR count). The lowest BCUT2D eigenvalue weighted by atomic mass is 10.1. The van der Waals surface area contributed by atoms with Gasteiger partial charge in [0.05, 0.1) is 26.8 Å². The lowest BCUT2D eigenvalue weighted by Crippen LogP contribution is -2.01. The van der Waals surface area contributed by atoms with Crippen LogP contribution < -0.4 is 0 Å². The zero-order valence-corrected chi connectivity index (χ0v) is 14.5. The van der Waals surface area contributed by atoms with Crippen molar-refractivity contribution in [3.63, 3.8) is 0 Å². The van der Waals surface area contributed by atoms with Crippen molar-refractivity contribution < 1.29 is 9.18 Å². The van der Waals surface area contributed by atoms with E-state index in [-0.39, 0.29) is 11.6 Å². The number of ketones is 1. The lowest BCUT2D eigenvalue weighted by molar-refractivity contribution is 0.104. The van der Waals surface area contributed by atoms with Crippen molar-refractivity contribution in [1.29, 1.82) is 0 Å². The molecule has 0 saturated heterocycles. The fourth-order valence-corrected chi connectivity index (χ4v) is 3.52. The number of hydrogen-bond acceptors (Lipinski definition) is 4. The van der Waals surface area contributed by atoms with Crippen molar-refractivity contribution in [1.82, 2.24) is 14.6 Å². The first-order valence-electron chi connectivity index (χ1n) is 7.01. The maximum atomic E-state index is 13.5. The van der Waals surface area contributed by atoms with Crippen molar-refractivity contribution >= 4 is 38.7 Å². The minimum Gasteiger partial charge on any atom is -0.287 e. The van der Waals surface area contributed by atoms with Crippen LogP contribution in [0.4, 0.5) is 4.39 Å². The summed E-state index contributed by atoms with van der Waals surface area (Å²) in [7, 11) is 0. The zero-order chi connectivity index (χ0) is 16.7. The van der Waals surface area contributed by atoms with E-state index >= 15 is 0 Å². The van der Waals surface area contributed by atoms with Gasteiger partial charge in [-0.3, -0.25) is 4.79 Å². The first-order valence-corrected chi connectivity index (χ1v) is 8.69. The summed E-state index contributed by atoms with van der Waals surface area (Å²) in [4.78, 5) is 17.5. The van der Waals surface area contributed by atoms with Crippen LogP contribution in [0.2, 0.25) is 0 Å². The highest BCUT2D eigenvalue weighted by molar-refractivity contribution is 9.10. The van der Waals surface area contributed by atoms with E-state index in [2.05, 4.69) is 26.0 Å². The molecule has 0 spiro atoms. The van der Waals surface area contributed by atoms with Gasteiger partial charge in [0.2, 0.25) is 5.78 Å². The Kier molecular flexibility index (Phi) is 3.74. The van der Waals surface area contributed by atoms with Crippen LogP contribution in [-0.4, -0.2) is 20.4 Å². The van der Waals surface area contributed by atoms with Crippen molar-refractivity contribution in [2.45, 2.75) is 0 Å². The molecule has 0 aliphatic carbocycles. The van der Waals surface area contributed by atoms with Crippen LogP contribution in [0.15, 0.2) is 58.6 Å². The van der Waals surface area contributed by atoms with Crippen LogP contribution in [0.1, 0.15) is 15.2 Å². The second-order valence-corrected chi connectivity index (χ2v) is 6.86. The summed E-state index contributed by atoms with van der Waals surface area (Å²) in [5, 5.41) is 6.16. The van der Waals surface area contributed by atoms with Crippen molar-refractivity contribution in [3.05, 3.63) is 74.9 Å². The molecule has 0 fully saturated rings. The van der Waals surface area contributed by atoms with Gasteiger partial charge >= 0.3 is 0 Å². The molecule has 24 heavy (non-hydrogen) atoms. The van der Waals surface area contributed by atoms with Gasteiger partial charge in [0.25, 0.3) is 0 Å². The minimum atomic E-state index is -0.335. The maximum Gasteiger partial charge on any atom is 0.208 e. The highest BCUT2D eigenvalue weighted by Crippen LogP contribution is 2.26. The monoisotopic (exact) mass is 401 g/mol. The third-order valence-corrected chi connectivity index (χ3v) is 5.08. The fraction of sp³-hybridized carbons (Fsp3) is 0. The topological polar surface area (TPSA) is 47.3 Å². The molecule has 0 aliphatic rings. The minimum absolute atomic E-state index is 0.107. The van der Waals surface area contributed by atoms with E-state index in [0.29, 0.717) is 20.6 Å². The van der Waals surface area contributed by atoms with Crippen LogP contribution in [0.3, 0.4) is 0 Å². The summed E-state index contributed by atoms with van der Waals surface area (Å²) >= 11 is 4.57. The number of hydrogen-bond donors (Lipinski definition) is 0. The van der Waals surface area contributed by atoms with E-state index in [1.807, 2.05) is 11.4 Å². The number of aromatic nitrogens is 3. The van der Waals surface area contributed by atoms with Gasteiger partial charge in [-0.1, -0.05) is 6.07 Å². The smallest absolute Gasteiger partial charge is 0.208 e. The Bertz CT molecular complexity index is 1060. The highest BCUT2D eigenvalue weighted by Gasteiger charge is 2.18. The molecule has 3 heterocycles. The Balaban J connectivity index is 1.88. The number of carbonyl (C=O) groups excluding carboxylic acids is 1. The number of nitrogens with zero attached hydrogens (tertiary/aromatic N) is 3. The number of benzene rings is 1. The van der Waals surface area contributed by atoms with E-state index < -0.39 is 0 Å². The first kappa shape index (κ1) is 15.2.